The maximum Gasteiger partial charge on any atom is 0.256 e. The van der Waals surface area contributed by atoms with Crippen molar-refractivity contribution in [3.05, 3.63) is 45.8 Å². The van der Waals surface area contributed by atoms with Gasteiger partial charge in [-0.1, -0.05) is 6.92 Å². The van der Waals surface area contributed by atoms with Gasteiger partial charge in [0, 0.05) is 23.3 Å². The Hall–Kier alpha value is -3.00. The van der Waals surface area contributed by atoms with Crippen LogP contribution < -0.4 is 16.0 Å². The van der Waals surface area contributed by atoms with Gasteiger partial charge in [-0.3, -0.25) is 24.1 Å². The van der Waals surface area contributed by atoms with Crippen LogP contribution in [0.2, 0.25) is 0 Å². The van der Waals surface area contributed by atoms with E-state index < -0.39 is 5.91 Å². The van der Waals surface area contributed by atoms with Crippen molar-refractivity contribution in [3.8, 4) is 0 Å². The Labute approximate surface area is 171 Å². The molecular formula is C21H21N3O4S. The third kappa shape index (κ3) is 3.55. The van der Waals surface area contributed by atoms with Crippen molar-refractivity contribution in [3.63, 3.8) is 0 Å². The number of primary amides is 1. The van der Waals surface area contributed by atoms with Gasteiger partial charge in [-0.2, -0.15) is 0 Å². The van der Waals surface area contributed by atoms with Crippen LogP contribution in [-0.4, -0.2) is 23.6 Å². The van der Waals surface area contributed by atoms with E-state index in [2.05, 4.69) is 12.2 Å². The van der Waals surface area contributed by atoms with E-state index in [-0.39, 0.29) is 30.6 Å². The van der Waals surface area contributed by atoms with Crippen molar-refractivity contribution in [1.29, 1.82) is 0 Å². The first-order chi connectivity index (χ1) is 13.8. The summed E-state index contributed by atoms with van der Waals surface area (Å²) in [6, 6.07) is 6.27. The molecule has 1 aliphatic carbocycles. The molecule has 7 nitrogen and oxygen atoms in total. The van der Waals surface area contributed by atoms with Crippen LogP contribution in [-0.2, 0) is 22.4 Å². The van der Waals surface area contributed by atoms with Crippen LogP contribution in [0.3, 0.4) is 0 Å². The summed E-state index contributed by atoms with van der Waals surface area (Å²) < 4.78 is 0. The Bertz CT molecular complexity index is 1010. The number of benzene rings is 1. The van der Waals surface area contributed by atoms with Gasteiger partial charge in [0.15, 0.2) is 0 Å². The van der Waals surface area contributed by atoms with Crippen molar-refractivity contribution < 1.29 is 19.2 Å². The number of nitrogens with two attached hydrogens (primary N) is 1. The lowest BCUT2D eigenvalue weighted by Crippen LogP contribution is -2.28. The largest absolute Gasteiger partial charge is 0.365 e. The van der Waals surface area contributed by atoms with Crippen LogP contribution in [0.15, 0.2) is 24.3 Å². The SMILES string of the molecule is C[C@@H]1CCc2c(sc(NC(=O)c3ccc(N4C(=O)CCC4=O)cc3)c2C(N)=O)C1. The molecule has 0 bridgehead atoms. The van der Waals surface area contributed by atoms with Gasteiger partial charge in [-0.25, -0.2) is 0 Å². The number of nitrogens with zero attached hydrogens (tertiary/aromatic N) is 1. The first kappa shape index (κ1) is 19.3. The molecule has 2 aliphatic rings. The van der Waals surface area contributed by atoms with E-state index in [1.165, 1.54) is 11.3 Å². The Morgan fingerprint density at radius 2 is 1.76 bits per heavy atom. The van der Waals surface area contributed by atoms with Crippen molar-refractivity contribution >= 4 is 45.7 Å². The molecule has 150 valence electrons. The Balaban J connectivity index is 1.56. The lowest BCUT2D eigenvalue weighted by molar-refractivity contribution is -0.121. The predicted octanol–water partition coefficient (Wildman–Crippen LogP) is 2.88. The van der Waals surface area contributed by atoms with Gasteiger partial charge >= 0.3 is 0 Å². The first-order valence-corrected chi connectivity index (χ1v) is 10.4. The molecule has 1 atom stereocenters. The molecule has 0 spiro atoms. The molecule has 0 radical (unpaired) electrons. The third-order valence-corrected chi connectivity index (χ3v) is 6.59. The van der Waals surface area contributed by atoms with Gasteiger partial charge in [0.1, 0.15) is 5.00 Å². The molecule has 2 heterocycles. The van der Waals surface area contributed by atoms with E-state index in [0.29, 0.717) is 27.7 Å². The number of nitrogens with one attached hydrogen (secondary N) is 1. The van der Waals surface area contributed by atoms with Crippen LogP contribution in [0.5, 0.6) is 0 Å². The Kier molecular flexibility index (Phi) is 4.96. The molecule has 1 aromatic carbocycles. The smallest absolute Gasteiger partial charge is 0.256 e. The quantitative estimate of drug-likeness (QED) is 0.754. The minimum absolute atomic E-state index is 0.207. The summed E-state index contributed by atoms with van der Waals surface area (Å²) in [5.74, 6) is -0.846. The van der Waals surface area contributed by atoms with E-state index in [4.69, 9.17) is 5.73 Å². The summed E-state index contributed by atoms with van der Waals surface area (Å²) in [6.07, 6.45) is 3.07. The molecule has 29 heavy (non-hydrogen) atoms. The van der Waals surface area contributed by atoms with Crippen molar-refractivity contribution in [2.45, 2.75) is 39.0 Å². The molecule has 4 rings (SSSR count). The number of hydrogen-bond donors (Lipinski definition) is 2. The summed E-state index contributed by atoms with van der Waals surface area (Å²) in [4.78, 5) is 50.7. The molecule has 1 aromatic heterocycles. The number of fused-ring (bicyclic) bond motifs is 1. The second-order valence-corrected chi connectivity index (χ2v) is 8.65. The second kappa shape index (κ2) is 7.44. The molecular weight excluding hydrogens is 390 g/mol. The van der Waals surface area contributed by atoms with Crippen molar-refractivity contribution in [2.75, 3.05) is 10.2 Å². The maximum absolute atomic E-state index is 12.7. The van der Waals surface area contributed by atoms with Gasteiger partial charge < -0.3 is 11.1 Å². The molecule has 8 heteroatoms. The highest BCUT2D eigenvalue weighted by atomic mass is 32.1. The zero-order valence-electron chi connectivity index (χ0n) is 16.0. The fourth-order valence-electron chi connectivity index (χ4n) is 3.90. The maximum atomic E-state index is 12.7. The highest BCUT2D eigenvalue weighted by Crippen LogP contribution is 2.39. The summed E-state index contributed by atoms with van der Waals surface area (Å²) in [7, 11) is 0. The molecule has 4 amide bonds. The van der Waals surface area contributed by atoms with Gasteiger partial charge in [-0.05, 0) is 55.0 Å². The minimum atomic E-state index is -0.534. The second-order valence-electron chi connectivity index (χ2n) is 7.54. The van der Waals surface area contributed by atoms with E-state index in [1.807, 2.05) is 0 Å². The van der Waals surface area contributed by atoms with Gasteiger partial charge in [0.2, 0.25) is 11.8 Å². The fourth-order valence-corrected chi connectivity index (χ4v) is 5.31. The molecule has 1 saturated heterocycles. The van der Waals surface area contributed by atoms with E-state index in [9.17, 15) is 19.2 Å². The van der Waals surface area contributed by atoms with Crippen LogP contribution in [0.4, 0.5) is 10.7 Å². The molecule has 0 unspecified atom stereocenters. The lowest BCUT2D eigenvalue weighted by atomic mass is 9.88. The number of carbonyl (C=O) groups is 4. The monoisotopic (exact) mass is 411 g/mol. The summed E-state index contributed by atoms with van der Waals surface area (Å²) in [5.41, 5.74) is 7.78. The predicted molar refractivity (Wildman–Crippen MR) is 110 cm³/mol. The van der Waals surface area contributed by atoms with E-state index >= 15 is 0 Å². The number of hydrogen-bond acceptors (Lipinski definition) is 5. The summed E-state index contributed by atoms with van der Waals surface area (Å²) in [6.45, 7) is 2.17. The van der Waals surface area contributed by atoms with Gasteiger partial charge in [0.05, 0.1) is 11.3 Å². The zero-order valence-corrected chi connectivity index (χ0v) is 16.8. The highest BCUT2D eigenvalue weighted by Gasteiger charge is 2.30. The van der Waals surface area contributed by atoms with Gasteiger partial charge in [0.25, 0.3) is 11.8 Å². The number of rotatable bonds is 4. The summed E-state index contributed by atoms with van der Waals surface area (Å²) >= 11 is 1.41. The number of thiophene rings is 1. The van der Waals surface area contributed by atoms with Crippen LogP contribution in [0.1, 0.15) is 57.3 Å². The van der Waals surface area contributed by atoms with Crippen LogP contribution in [0.25, 0.3) is 0 Å². The molecule has 3 N–H and O–H groups in total. The lowest BCUT2D eigenvalue weighted by Gasteiger charge is -2.18. The molecule has 1 aliphatic heterocycles. The number of anilines is 2. The Morgan fingerprint density at radius 1 is 1.10 bits per heavy atom. The zero-order chi connectivity index (χ0) is 20.7. The van der Waals surface area contributed by atoms with Crippen LogP contribution in [0, 0.1) is 5.92 Å². The first-order valence-electron chi connectivity index (χ1n) is 9.56. The van der Waals surface area contributed by atoms with E-state index in [0.717, 1.165) is 34.6 Å². The standard InChI is InChI=1S/C21H21N3O4S/c1-11-2-7-14-15(10-11)29-21(18(14)19(22)27)23-20(28)12-3-5-13(6-4-12)24-16(25)8-9-17(24)26/h3-6,11H,2,7-10H2,1H3,(H2,22,27)(H,23,28)/t11-/m1/s1. The van der Waals surface area contributed by atoms with E-state index in [1.54, 1.807) is 24.3 Å². The van der Waals surface area contributed by atoms with Gasteiger partial charge in [-0.15, -0.1) is 11.3 Å². The van der Waals surface area contributed by atoms with Crippen LogP contribution >= 0.6 is 11.3 Å². The third-order valence-electron chi connectivity index (χ3n) is 5.42. The Morgan fingerprint density at radius 3 is 2.38 bits per heavy atom. The van der Waals surface area contributed by atoms with Crippen molar-refractivity contribution in [2.24, 2.45) is 11.7 Å². The topological polar surface area (TPSA) is 110 Å². The average molecular weight is 411 g/mol. The fraction of sp³-hybridized carbons (Fsp3) is 0.333. The highest BCUT2D eigenvalue weighted by molar-refractivity contribution is 7.17. The minimum Gasteiger partial charge on any atom is -0.365 e. The summed E-state index contributed by atoms with van der Waals surface area (Å²) in [5, 5.41) is 3.30. The molecule has 2 aromatic rings. The number of imide groups is 1. The molecule has 1 fully saturated rings. The normalized spacial score (nSPS) is 18.7. The number of amides is 4. The number of carbonyl (C=O) groups excluding carboxylic acids is 4. The molecule has 0 saturated carbocycles. The van der Waals surface area contributed by atoms with Crippen molar-refractivity contribution in [1.82, 2.24) is 0 Å². The average Bonchev–Trinajstić information content (AvgIpc) is 3.20.